The number of nitriles is 1. The van der Waals surface area contributed by atoms with E-state index in [2.05, 4.69) is 11.5 Å². The molecule has 0 fully saturated rings. The molecular formula is C10H13N3. The minimum Gasteiger partial charge on any atom is -0.318 e. The summed E-state index contributed by atoms with van der Waals surface area (Å²) in [6, 6.07) is 7.82. The molecule has 0 heterocycles. The van der Waals surface area contributed by atoms with Crippen LogP contribution >= 0.6 is 0 Å². The van der Waals surface area contributed by atoms with Gasteiger partial charge in [0.2, 0.25) is 0 Å². The fourth-order valence-corrected chi connectivity index (χ4v) is 1.13. The Hall–Kier alpha value is -1.53. The lowest BCUT2D eigenvalue weighted by Gasteiger charge is -2.16. The van der Waals surface area contributed by atoms with E-state index in [4.69, 9.17) is 5.26 Å². The summed E-state index contributed by atoms with van der Waals surface area (Å²) in [6.07, 6.45) is 0. The van der Waals surface area contributed by atoms with Crippen molar-refractivity contribution in [3.05, 3.63) is 29.3 Å². The summed E-state index contributed by atoms with van der Waals surface area (Å²) in [5.41, 5.74) is 5.74. The van der Waals surface area contributed by atoms with E-state index in [0.29, 0.717) is 5.56 Å². The molecule has 0 aromatic heterocycles. The maximum absolute atomic E-state index is 8.85. The van der Waals surface area contributed by atoms with Gasteiger partial charge in [-0.05, 0) is 18.6 Å². The molecule has 0 saturated heterocycles. The highest BCUT2D eigenvalue weighted by atomic mass is 15.5. The van der Waals surface area contributed by atoms with Crippen molar-refractivity contribution in [1.29, 1.82) is 5.26 Å². The summed E-state index contributed by atoms with van der Waals surface area (Å²) in [5.74, 6) is 0. The average Bonchev–Trinajstić information content (AvgIpc) is 2.08. The summed E-state index contributed by atoms with van der Waals surface area (Å²) in [6.45, 7) is 1.98. The summed E-state index contributed by atoms with van der Waals surface area (Å²) >= 11 is 0. The zero-order chi connectivity index (χ0) is 9.84. The van der Waals surface area contributed by atoms with Crippen LogP contribution in [0.4, 0.5) is 5.69 Å². The van der Waals surface area contributed by atoms with Crippen molar-refractivity contribution in [3.63, 3.8) is 0 Å². The average molecular weight is 175 g/mol. The van der Waals surface area contributed by atoms with E-state index >= 15 is 0 Å². The van der Waals surface area contributed by atoms with Crippen LogP contribution < -0.4 is 5.43 Å². The fraction of sp³-hybridized carbons (Fsp3) is 0.300. The fourth-order valence-electron chi connectivity index (χ4n) is 1.13. The molecule has 13 heavy (non-hydrogen) atoms. The molecule has 3 nitrogen and oxygen atoms in total. The van der Waals surface area contributed by atoms with Crippen molar-refractivity contribution in [1.82, 2.24) is 5.01 Å². The van der Waals surface area contributed by atoms with Crippen LogP contribution in [-0.2, 0) is 0 Å². The van der Waals surface area contributed by atoms with Gasteiger partial charge in [-0.2, -0.15) is 5.26 Å². The van der Waals surface area contributed by atoms with Gasteiger partial charge in [-0.1, -0.05) is 12.1 Å². The van der Waals surface area contributed by atoms with Gasteiger partial charge in [0.15, 0.2) is 0 Å². The zero-order valence-electron chi connectivity index (χ0n) is 8.13. The lowest BCUT2D eigenvalue weighted by atomic mass is 10.1. The largest absolute Gasteiger partial charge is 0.318 e. The van der Waals surface area contributed by atoms with Crippen LogP contribution in [0.2, 0.25) is 0 Å². The Morgan fingerprint density at radius 1 is 1.38 bits per heavy atom. The van der Waals surface area contributed by atoms with Gasteiger partial charge in [-0.25, -0.2) is 5.01 Å². The lowest BCUT2D eigenvalue weighted by molar-refractivity contribution is 0.494. The van der Waals surface area contributed by atoms with Crippen LogP contribution in [0.1, 0.15) is 11.1 Å². The maximum Gasteiger partial charge on any atom is 0.101 e. The number of anilines is 1. The third kappa shape index (κ3) is 2.20. The summed E-state index contributed by atoms with van der Waals surface area (Å²) in [7, 11) is 3.79. The number of aryl methyl sites for hydroxylation is 1. The van der Waals surface area contributed by atoms with E-state index in [-0.39, 0.29) is 0 Å². The van der Waals surface area contributed by atoms with Gasteiger partial charge in [0.05, 0.1) is 11.3 Å². The predicted octanol–water partition coefficient (Wildman–Crippen LogP) is 1.76. The topological polar surface area (TPSA) is 39.1 Å². The van der Waals surface area contributed by atoms with E-state index < -0.39 is 0 Å². The molecule has 0 spiro atoms. The molecule has 0 saturated carbocycles. The number of hydrazine groups is 1. The first-order chi connectivity index (χ1) is 6.15. The normalized spacial score (nSPS) is 9.77. The van der Waals surface area contributed by atoms with E-state index in [9.17, 15) is 0 Å². The van der Waals surface area contributed by atoms with E-state index in [1.165, 1.54) is 0 Å². The molecule has 3 heteroatoms. The Kier molecular flexibility index (Phi) is 2.88. The summed E-state index contributed by atoms with van der Waals surface area (Å²) < 4.78 is 0. The third-order valence-electron chi connectivity index (χ3n) is 1.73. The summed E-state index contributed by atoms with van der Waals surface area (Å²) in [4.78, 5) is 0. The Balaban J connectivity index is 3.10. The maximum atomic E-state index is 8.85. The molecule has 1 rings (SSSR count). The molecule has 1 N–H and O–H groups in total. The van der Waals surface area contributed by atoms with Gasteiger partial charge >= 0.3 is 0 Å². The molecule has 0 aliphatic rings. The van der Waals surface area contributed by atoms with Crippen molar-refractivity contribution in [2.45, 2.75) is 6.92 Å². The molecule has 0 aliphatic carbocycles. The molecule has 0 radical (unpaired) electrons. The third-order valence-corrected chi connectivity index (χ3v) is 1.73. The second kappa shape index (κ2) is 3.92. The van der Waals surface area contributed by atoms with Gasteiger partial charge in [-0.3, -0.25) is 0 Å². The number of benzene rings is 1. The molecule has 68 valence electrons. The first-order valence-corrected chi connectivity index (χ1v) is 4.09. The molecule has 0 aliphatic heterocycles. The van der Waals surface area contributed by atoms with Crippen molar-refractivity contribution < 1.29 is 0 Å². The predicted molar refractivity (Wildman–Crippen MR) is 53.2 cm³/mol. The molecule has 0 amide bonds. The van der Waals surface area contributed by atoms with Crippen LogP contribution in [-0.4, -0.2) is 19.1 Å². The molecule has 1 aromatic rings. The van der Waals surface area contributed by atoms with Crippen LogP contribution in [0.25, 0.3) is 0 Å². The monoisotopic (exact) mass is 175 g/mol. The molecular weight excluding hydrogens is 162 g/mol. The van der Waals surface area contributed by atoms with Gasteiger partial charge < -0.3 is 5.43 Å². The number of hydrogen-bond donors (Lipinski definition) is 1. The number of rotatable bonds is 2. The van der Waals surface area contributed by atoms with Crippen molar-refractivity contribution in [2.24, 2.45) is 0 Å². The first-order valence-electron chi connectivity index (χ1n) is 4.09. The molecule has 1 aromatic carbocycles. The molecule has 0 atom stereocenters. The first kappa shape index (κ1) is 9.56. The second-order valence-electron chi connectivity index (χ2n) is 3.12. The Morgan fingerprint density at radius 2 is 2.08 bits per heavy atom. The van der Waals surface area contributed by atoms with E-state index in [0.717, 1.165) is 11.3 Å². The highest BCUT2D eigenvalue weighted by molar-refractivity contribution is 5.61. The zero-order valence-corrected chi connectivity index (χ0v) is 8.13. The standard InChI is InChI=1S/C10H13N3/c1-8-5-4-6-9(7-11)10(8)12-13(2)3/h4-6,12H,1-3H3. The number of hydrogen-bond acceptors (Lipinski definition) is 3. The Bertz CT molecular complexity index is 337. The number of nitrogens with zero attached hydrogens (tertiary/aromatic N) is 2. The quantitative estimate of drug-likeness (QED) is 0.696. The molecule has 0 unspecified atom stereocenters. The minimum absolute atomic E-state index is 0.675. The van der Waals surface area contributed by atoms with Gasteiger partial charge in [0, 0.05) is 14.1 Å². The summed E-state index contributed by atoms with van der Waals surface area (Å²) in [5, 5.41) is 10.7. The molecule has 0 bridgehead atoms. The minimum atomic E-state index is 0.675. The van der Waals surface area contributed by atoms with E-state index in [1.54, 1.807) is 6.07 Å². The van der Waals surface area contributed by atoms with E-state index in [1.807, 2.05) is 38.2 Å². The highest BCUT2D eigenvalue weighted by Crippen LogP contribution is 2.19. The number of nitrogens with one attached hydrogen (secondary N) is 1. The van der Waals surface area contributed by atoms with Crippen LogP contribution in [0.5, 0.6) is 0 Å². The van der Waals surface area contributed by atoms with Crippen LogP contribution in [0.3, 0.4) is 0 Å². The highest BCUT2D eigenvalue weighted by Gasteiger charge is 2.04. The SMILES string of the molecule is Cc1cccc(C#N)c1NN(C)C. The number of para-hydroxylation sites is 1. The smallest absolute Gasteiger partial charge is 0.101 e. The lowest BCUT2D eigenvalue weighted by Crippen LogP contribution is -2.20. The van der Waals surface area contributed by atoms with Crippen LogP contribution in [0.15, 0.2) is 18.2 Å². The Morgan fingerprint density at radius 3 is 2.62 bits per heavy atom. The van der Waals surface area contributed by atoms with Crippen LogP contribution in [0, 0.1) is 18.3 Å². The van der Waals surface area contributed by atoms with Gasteiger partial charge in [0.25, 0.3) is 0 Å². The van der Waals surface area contributed by atoms with Crippen molar-refractivity contribution >= 4 is 5.69 Å². The van der Waals surface area contributed by atoms with Gasteiger partial charge in [-0.15, -0.1) is 0 Å². The van der Waals surface area contributed by atoms with Crippen molar-refractivity contribution in [3.8, 4) is 6.07 Å². The van der Waals surface area contributed by atoms with Crippen molar-refractivity contribution in [2.75, 3.05) is 19.5 Å². The Labute approximate surface area is 78.6 Å². The van der Waals surface area contributed by atoms with Gasteiger partial charge in [0.1, 0.15) is 6.07 Å². The second-order valence-corrected chi connectivity index (χ2v) is 3.12.